The first-order valence-electron chi connectivity index (χ1n) is 9.34. The number of para-hydroxylation sites is 1. The molecule has 4 rings (SSSR count). The average Bonchev–Trinajstić information content (AvgIpc) is 3.12. The highest BCUT2D eigenvalue weighted by Gasteiger charge is 2.30. The topological polar surface area (TPSA) is 79.4 Å². The summed E-state index contributed by atoms with van der Waals surface area (Å²) < 4.78 is 41.7. The molecule has 1 N–H and O–H groups in total. The molecule has 1 amide bonds. The van der Waals surface area contributed by atoms with Gasteiger partial charge in [-0.25, -0.2) is 17.8 Å². The minimum absolute atomic E-state index is 0.0313. The minimum Gasteiger partial charge on any atom is -0.298 e. The van der Waals surface area contributed by atoms with Gasteiger partial charge >= 0.3 is 0 Å². The third kappa shape index (κ3) is 3.90. The number of nitrogens with zero attached hydrogens (tertiary/aromatic N) is 2. The molecule has 152 valence electrons. The van der Waals surface area contributed by atoms with Crippen molar-refractivity contribution in [2.24, 2.45) is 0 Å². The van der Waals surface area contributed by atoms with E-state index in [0.29, 0.717) is 16.8 Å². The van der Waals surface area contributed by atoms with E-state index in [0.717, 1.165) is 19.3 Å². The number of halogens is 1. The molecular formula is C20H20FN3O3S2. The van der Waals surface area contributed by atoms with Gasteiger partial charge in [0.25, 0.3) is 5.91 Å². The molecule has 9 heteroatoms. The van der Waals surface area contributed by atoms with Crippen LogP contribution in [0.5, 0.6) is 0 Å². The Balaban J connectivity index is 1.52. The molecule has 3 aromatic rings. The molecule has 0 radical (unpaired) electrons. The number of rotatable bonds is 4. The van der Waals surface area contributed by atoms with Gasteiger partial charge in [0.05, 0.1) is 9.60 Å². The molecule has 29 heavy (non-hydrogen) atoms. The van der Waals surface area contributed by atoms with Crippen LogP contribution in [0, 0.1) is 5.82 Å². The molecule has 0 saturated carbocycles. The number of aromatic nitrogens is 1. The predicted octanol–water partition coefficient (Wildman–Crippen LogP) is 4.25. The van der Waals surface area contributed by atoms with Gasteiger partial charge in [0.15, 0.2) is 5.13 Å². The van der Waals surface area contributed by atoms with Crippen molar-refractivity contribution in [3.8, 4) is 0 Å². The highest BCUT2D eigenvalue weighted by molar-refractivity contribution is 7.89. The third-order valence-corrected chi connectivity index (χ3v) is 8.02. The molecular weight excluding hydrogens is 413 g/mol. The number of piperidine rings is 1. The molecule has 1 saturated heterocycles. The lowest BCUT2D eigenvalue weighted by Gasteiger charge is -2.32. The van der Waals surface area contributed by atoms with Crippen LogP contribution in [0.3, 0.4) is 0 Å². The largest absolute Gasteiger partial charge is 0.298 e. The predicted molar refractivity (Wildman–Crippen MR) is 111 cm³/mol. The van der Waals surface area contributed by atoms with E-state index in [2.05, 4.69) is 10.3 Å². The Kier molecular flexibility index (Phi) is 5.37. The van der Waals surface area contributed by atoms with E-state index in [4.69, 9.17) is 0 Å². The zero-order valence-electron chi connectivity index (χ0n) is 15.8. The lowest BCUT2D eigenvalue weighted by molar-refractivity contribution is 0.102. The van der Waals surface area contributed by atoms with Crippen LogP contribution in [0.4, 0.5) is 9.52 Å². The van der Waals surface area contributed by atoms with E-state index in [1.54, 1.807) is 12.1 Å². The Morgan fingerprint density at radius 1 is 1.21 bits per heavy atom. The van der Waals surface area contributed by atoms with Crippen LogP contribution < -0.4 is 5.32 Å². The molecule has 1 fully saturated rings. The first kappa shape index (κ1) is 19.9. The van der Waals surface area contributed by atoms with Gasteiger partial charge in [-0.15, -0.1) is 0 Å². The summed E-state index contributed by atoms with van der Waals surface area (Å²) in [5.41, 5.74) is 0.514. The number of anilines is 1. The second-order valence-corrected chi connectivity index (χ2v) is 9.97. The van der Waals surface area contributed by atoms with Crippen LogP contribution in [0.25, 0.3) is 10.2 Å². The molecule has 6 nitrogen and oxygen atoms in total. The maximum atomic E-state index is 13.8. The Labute approximate surface area is 172 Å². The molecule has 1 aliphatic heterocycles. The fourth-order valence-corrected chi connectivity index (χ4v) is 6.06. The Morgan fingerprint density at radius 2 is 1.97 bits per heavy atom. The molecule has 1 aromatic heterocycles. The molecule has 2 heterocycles. The molecule has 0 bridgehead atoms. The molecule has 1 aliphatic rings. The summed E-state index contributed by atoms with van der Waals surface area (Å²) in [5, 5.41) is 2.93. The van der Waals surface area contributed by atoms with Gasteiger partial charge in [0.1, 0.15) is 11.3 Å². The third-order valence-electron chi connectivity index (χ3n) is 5.06. The zero-order valence-corrected chi connectivity index (χ0v) is 17.4. The fourth-order valence-electron chi connectivity index (χ4n) is 3.48. The van der Waals surface area contributed by atoms with Crippen molar-refractivity contribution in [1.82, 2.24) is 9.29 Å². The van der Waals surface area contributed by atoms with Crippen LogP contribution in [-0.2, 0) is 10.0 Å². The van der Waals surface area contributed by atoms with E-state index in [9.17, 15) is 17.6 Å². The molecule has 1 unspecified atom stereocenters. The van der Waals surface area contributed by atoms with E-state index in [1.165, 1.54) is 46.0 Å². The van der Waals surface area contributed by atoms with Gasteiger partial charge in [0.2, 0.25) is 10.0 Å². The average molecular weight is 434 g/mol. The van der Waals surface area contributed by atoms with Gasteiger partial charge in [-0.05, 0) is 56.2 Å². The quantitative estimate of drug-likeness (QED) is 0.667. The second kappa shape index (κ2) is 7.81. The molecule has 2 aromatic carbocycles. The smallest absolute Gasteiger partial charge is 0.257 e. The van der Waals surface area contributed by atoms with Crippen molar-refractivity contribution >= 4 is 42.6 Å². The SMILES string of the molecule is CC1CCCCN1S(=O)(=O)c1ccc(C(=O)Nc2nc3c(F)cccc3s2)cc1. The van der Waals surface area contributed by atoms with Crippen molar-refractivity contribution in [3.05, 3.63) is 53.8 Å². The maximum Gasteiger partial charge on any atom is 0.257 e. The summed E-state index contributed by atoms with van der Waals surface area (Å²) >= 11 is 1.18. The molecule has 0 aliphatic carbocycles. The van der Waals surface area contributed by atoms with E-state index >= 15 is 0 Å². The van der Waals surface area contributed by atoms with Crippen LogP contribution in [0.2, 0.25) is 0 Å². The first-order valence-corrected chi connectivity index (χ1v) is 11.6. The summed E-state index contributed by atoms with van der Waals surface area (Å²) in [4.78, 5) is 16.8. The van der Waals surface area contributed by atoms with Crippen LogP contribution in [0.1, 0.15) is 36.5 Å². The van der Waals surface area contributed by atoms with E-state index in [-0.39, 0.29) is 21.6 Å². The summed E-state index contributed by atoms with van der Waals surface area (Å²) in [6.07, 6.45) is 2.73. The number of carbonyl (C=O) groups excluding carboxylic acids is 1. The molecule has 0 spiro atoms. The lowest BCUT2D eigenvalue weighted by Crippen LogP contribution is -2.41. The monoisotopic (exact) mass is 433 g/mol. The molecule has 1 atom stereocenters. The summed E-state index contributed by atoms with van der Waals surface area (Å²) in [6.45, 7) is 2.43. The van der Waals surface area contributed by atoms with Gasteiger partial charge in [0, 0.05) is 18.2 Å². The number of sulfonamides is 1. The number of nitrogens with one attached hydrogen (secondary N) is 1. The highest BCUT2D eigenvalue weighted by Crippen LogP contribution is 2.28. The lowest BCUT2D eigenvalue weighted by atomic mass is 10.1. The van der Waals surface area contributed by atoms with Gasteiger partial charge in [-0.3, -0.25) is 10.1 Å². The van der Waals surface area contributed by atoms with Crippen molar-refractivity contribution < 1.29 is 17.6 Å². The summed E-state index contributed by atoms with van der Waals surface area (Å²) in [6, 6.07) is 10.5. The van der Waals surface area contributed by atoms with Crippen molar-refractivity contribution in [1.29, 1.82) is 0 Å². The number of carbonyl (C=O) groups is 1. The Morgan fingerprint density at radius 3 is 2.66 bits per heavy atom. The summed E-state index contributed by atoms with van der Waals surface area (Å²) in [5.74, 6) is -0.875. The van der Waals surface area contributed by atoms with Crippen molar-refractivity contribution in [2.75, 3.05) is 11.9 Å². The number of fused-ring (bicyclic) bond motifs is 1. The zero-order chi connectivity index (χ0) is 20.6. The van der Waals surface area contributed by atoms with Gasteiger partial charge < -0.3 is 0 Å². The van der Waals surface area contributed by atoms with E-state index < -0.39 is 21.7 Å². The number of amides is 1. The maximum absolute atomic E-state index is 13.8. The number of thiazole rings is 1. The van der Waals surface area contributed by atoms with Crippen molar-refractivity contribution in [3.63, 3.8) is 0 Å². The minimum atomic E-state index is -3.58. The van der Waals surface area contributed by atoms with Crippen LogP contribution >= 0.6 is 11.3 Å². The van der Waals surface area contributed by atoms with Gasteiger partial charge in [-0.2, -0.15) is 4.31 Å². The Bertz CT molecular complexity index is 1160. The van der Waals surface area contributed by atoms with Crippen molar-refractivity contribution in [2.45, 2.75) is 37.1 Å². The summed E-state index contributed by atoms with van der Waals surface area (Å²) in [7, 11) is -3.58. The first-order chi connectivity index (χ1) is 13.9. The fraction of sp³-hybridized carbons (Fsp3) is 0.300. The van der Waals surface area contributed by atoms with Gasteiger partial charge in [-0.1, -0.05) is 23.8 Å². The normalized spacial score (nSPS) is 18.1. The highest BCUT2D eigenvalue weighted by atomic mass is 32.2. The van der Waals surface area contributed by atoms with Crippen LogP contribution in [0.15, 0.2) is 47.4 Å². The number of hydrogen-bond acceptors (Lipinski definition) is 5. The number of hydrogen-bond donors (Lipinski definition) is 1. The second-order valence-electron chi connectivity index (χ2n) is 7.04. The van der Waals surface area contributed by atoms with E-state index in [1.807, 2.05) is 6.92 Å². The van der Waals surface area contributed by atoms with Crippen LogP contribution in [-0.4, -0.2) is 36.2 Å². The standard InChI is InChI=1S/C20H20FN3O3S2/c1-13-5-2-3-12-24(13)29(26,27)15-10-8-14(9-11-15)19(25)23-20-22-18-16(21)6-4-7-17(18)28-20/h4,6-11,13H,2-3,5,12H2,1H3,(H,22,23,25). The number of benzene rings is 2. The Hall–Kier alpha value is -2.36.